The molecule has 0 aliphatic rings. The summed E-state index contributed by atoms with van der Waals surface area (Å²) in [5.74, 6) is 0.695. The number of hydrogen-bond donors (Lipinski definition) is 1. The predicted molar refractivity (Wildman–Crippen MR) is 55.7 cm³/mol. The van der Waals surface area contributed by atoms with Crippen LogP contribution in [0.15, 0.2) is 16.8 Å². The maximum Gasteiger partial charge on any atom is 0.121 e. The highest BCUT2D eigenvalue weighted by Gasteiger charge is 2.07. The molecule has 0 saturated carbocycles. The summed E-state index contributed by atoms with van der Waals surface area (Å²) in [7, 11) is 1.85. The SMILES string of the molecule is Cc1cscc1-c1cc(N)n(C)n1. The van der Waals surface area contributed by atoms with Crippen LogP contribution in [-0.2, 0) is 7.05 Å². The lowest BCUT2D eigenvalue weighted by molar-refractivity contribution is 0.782. The van der Waals surface area contributed by atoms with Gasteiger partial charge in [-0.25, -0.2) is 0 Å². The van der Waals surface area contributed by atoms with Crippen LogP contribution >= 0.6 is 11.3 Å². The fourth-order valence-electron chi connectivity index (χ4n) is 1.24. The van der Waals surface area contributed by atoms with Gasteiger partial charge in [0.1, 0.15) is 5.82 Å². The van der Waals surface area contributed by atoms with Gasteiger partial charge in [0.25, 0.3) is 0 Å². The van der Waals surface area contributed by atoms with Crippen molar-refractivity contribution in [1.29, 1.82) is 0 Å². The van der Waals surface area contributed by atoms with E-state index < -0.39 is 0 Å². The molecule has 0 radical (unpaired) electrons. The maximum absolute atomic E-state index is 5.70. The first-order chi connectivity index (χ1) is 6.18. The molecule has 13 heavy (non-hydrogen) atoms. The van der Waals surface area contributed by atoms with Crippen molar-refractivity contribution in [3.8, 4) is 11.3 Å². The van der Waals surface area contributed by atoms with Crippen LogP contribution in [0.4, 0.5) is 5.82 Å². The first kappa shape index (κ1) is 8.31. The molecule has 0 atom stereocenters. The standard InChI is InChI=1S/C9H11N3S/c1-6-4-13-5-7(6)8-3-9(10)12(2)11-8/h3-5H,10H2,1-2H3. The number of nitrogen functional groups attached to an aromatic ring is 1. The Morgan fingerprint density at radius 2 is 2.23 bits per heavy atom. The first-order valence-electron chi connectivity index (χ1n) is 4.01. The van der Waals surface area contributed by atoms with Crippen molar-refractivity contribution in [3.63, 3.8) is 0 Å². The fraction of sp³-hybridized carbons (Fsp3) is 0.222. The van der Waals surface area contributed by atoms with E-state index in [1.54, 1.807) is 16.0 Å². The molecule has 0 bridgehead atoms. The zero-order valence-corrected chi connectivity index (χ0v) is 8.43. The van der Waals surface area contributed by atoms with Crippen LogP contribution in [0.2, 0.25) is 0 Å². The van der Waals surface area contributed by atoms with Crippen LogP contribution in [0.3, 0.4) is 0 Å². The van der Waals surface area contributed by atoms with Gasteiger partial charge >= 0.3 is 0 Å². The van der Waals surface area contributed by atoms with Gasteiger partial charge in [0.2, 0.25) is 0 Å². The van der Waals surface area contributed by atoms with Crippen molar-refractivity contribution in [2.24, 2.45) is 7.05 Å². The Morgan fingerprint density at radius 1 is 1.46 bits per heavy atom. The Hall–Kier alpha value is -1.29. The van der Waals surface area contributed by atoms with Crippen molar-refractivity contribution >= 4 is 17.2 Å². The maximum atomic E-state index is 5.70. The van der Waals surface area contributed by atoms with E-state index in [1.807, 2.05) is 13.1 Å². The lowest BCUT2D eigenvalue weighted by Gasteiger charge is -1.92. The van der Waals surface area contributed by atoms with Crippen LogP contribution in [0.5, 0.6) is 0 Å². The molecule has 0 fully saturated rings. The number of aromatic nitrogens is 2. The van der Waals surface area contributed by atoms with E-state index >= 15 is 0 Å². The minimum atomic E-state index is 0.695. The predicted octanol–water partition coefficient (Wildman–Crippen LogP) is 2.04. The molecule has 68 valence electrons. The number of nitrogens with two attached hydrogens (primary N) is 1. The zero-order valence-electron chi connectivity index (χ0n) is 7.61. The van der Waals surface area contributed by atoms with E-state index in [9.17, 15) is 0 Å². The van der Waals surface area contributed by atoms with Gasteiger partial charge in [-0.15, -0.1) is 0 Å². The van der Waals surface area contributed by atoms with Gasteiger partial charge in [-0.2, -0.15) is 16.4 Å². The molecule has 0 saturated heterocycles. The smallest absolute Gasteiger partial charge is 0.121 e. The molecule has 0 aliphatic heterocycles. The largest absolute Gasteiger partial charge is 0.384 e. The highest BCUT2D eigenvalue weighted by Crippen LogP contribution is 2.26. The summed E-state index contributed by atoms with van der Waals surface area (Å²) in [6.07, 6.45) is 0. The number of aryl methyl sites for hydroxylation is 2. The lowest BCUT2D eigenvalue weighted by atomic mass is 10.1. The third-order valence-electron chi connectivity index (χ3n) is 2.05. The van der Waals surface area contributed by atoms with E-state index in [4.69, 9.17) is 5.73 Å². The summed E-state index contributed by atoms with van der Waals surface area (Å²) in [5, 5.41) is 8.52. The molecular weight excluding hydrogens is 182 g/mol. The summed E-state index contributed by atoms with van der Waals surface area (Å²) < 4.78 is 1.69. The topological polar surface area (TPSA) is 43.8 Å². The molecule has 2 N–H and O–H groups in total. The quantitative estimate of drug-likeness (QED) is 0.753. The Labute approximate surface area is 80.8 Å². The highest BCUT2D eigenvalue weighted by atomic mass is 32.1. The van der Waals surface area contributed by atoms with Crippen LogP contribution in [0.1, 0.15) is 5.56 Å². The normalized spacial score (nSPS) is 10.6. The molecule has 0 spiro atoms. The van der Waals surface area contributed by atoms with Gasteiger partial charge in [0, 0.05) is 24.1 Å². The zero-order chi connectivity index (χ0) is 9.42. The van der Waals surface area contributed by atoms with Crippen molar-refractivity contribution in [2.75, 3.05) is 5.73 Å². The minimum Gasteiger partial charge on any atom is -0.384 e. The minimum absolute atomic E-state index is 0.695. The fourth-order valence-corrected chi connectivity index (χ4v) is 2.08. The van der Waals surface area contributed by atoms with Crippen molar-refractivity contribution in [3.05, 3.63) is 22.4 Å². The Morgan fingerprint density at radius 3 is 2.69 bits per heavy atom. The summed E-state index contributed by atoms with van der Waals surface area (Å²) in [4.78, 5) is 0. The first-order valence-corrected chi connectivity index (χ1v) is 4.95. The molecule has 0 unspecified atom stereocenters. The second-order valence-corrected chi connectivity index (χ2v) is 3.79. The molecule has 3 nitrogen and oxygen atoms in total. The third-order valence-corrected chi connectivity index (χ3v) is 2.91. The van der Waals surface area contributed by atoms with Crippen molar-refractivity contribution < 1.29 is 0 Å². The van der Waals surface area contributed by atoms with E-state index in [0.717, 1.165) is 5.69 Å². The van der Waals surface area contributed by atoms with Crippen LogP contribution in [0.25, 0.3) is 11.3 Å². The second kappa shape index (κ2) is 2.88. The average Bonchev–Trinajstić information content (AvgIpc) is 2.60. The van der Waals surface area contributed by atoms with E-state index in [2.05, 4.69) is 22.8 Å². The Kier molecular flexibility index (Phi) is 1.84. The highest BCUT2D eigenvalue weighted by molar-refractivity contribution is 7.08. The molecule has 0 amide bonds. The molecule has 0 aromatic carbocycles. The lowest BCUT2D eigenvalue weighted by Crippen LogP contribution is -1.96. The van der Waals surface area contributed by atoms with Gasteiger partial charge in [-0.3, -0.25) is 4.68 Å². The average molecular weight is 193 g/mol. The number of nitrogens with zero attached hydrogens (tertiary/aromatic N) is 2. The molecule has 2 rings (SSSR count). The van der Waals surface area contributed by atoms with Gasteiger partial charge in [0.05, 0.1) is 5.69 Å². The van der Waals surface area contributed by atoms with Crippen molar-refractivity contribution in [2.45, 2.75) is 6.92 Å². The van der Waals surface area contributed by atoms with Crippen LogP contribution < -0.4 is 5.73 Å². The van der Waals surface area contributed by atoms with Gasteiger partial charge in [-0.1, -0.05) is 0 Å². The molecule has 4 heteroatoms. The Bertz CT molecular complexity index is 408. The second-order valence-electron chi connectivity index (χ2n) is 3.05. The van der Waals surface area contributed by atoms with E-state index in [-0.39, 0.29) is 0 Å². The van der Waals surface area contributed by atoms with E-state index in [1.165, 1.54) is 11.1 Å². The summed E-state index contributed by atoms with van der Waals surface area (Å²) in [6, 6.07) is 1.90. The van der Waals surface area contributed by atoms with Gasteiger partial charge in [-0.05, 0) is 17.9 Å². The number of anilines is 1. The van der Waals surface area contributed by atoms with Gasteiger partial charge < -0.3 is 5.73 Å². The summed E-state index contributed by atoms with van der Waals surface area (Å²) in [6.45, 7) is 2.08. The molecule has 2 aromatic heterocycles. The van der Waals surface area contributed by atoms with Gasteiger partial charge in [0.15, 0.2) is 0 Å². The summed E-state index contributed by atoms with van der Waals surface area (Å²) in [5.41, 5.74) is 9.09. The Balaban J connectivity index is 2.53. The molecule has 2 aromatic rings. The molecular formula is C9H11N3S. The van der Waals surface area contributed by atoms with Crippen molar-refractivity contribution in [1.82, 2.24) is 9.78 Å². The number of thiophene rings is 1. The number of hydrogen-bond acceptors (Lipinski definition) is 3. The third kappa shape index (κ3) is 1.33. The monoisotopic (exact) mass is 193 g/mol. The van der Waals surface area contributed by atoms with Crippen LogP contribution in [0, 0.1) is 6.92 Å². The summed E-state index contributed by atoms with van der Waals surface area (Å²) >= 11 is 1.69. The number of rotatable bonds is 1. The molecule has 2 heterocycles. The van der Waals surface area contributed by atoms with Crippen LogP contribution in [-0.4, -0.2) is 9.78 Å². The van der Waals surface area contributed by atoms with E-state index in [0.29, 0.717) is 5.82 Å². The molecule has 0 aliphatic carbocycles.